The fourth-order valence-corrected chi connectivity index (χ4v) is 2.34. The lowest BCUT2D eigenvalue weighted by Gasteiger charge is -2.12. The van der Waals surface area contributed by atoms with Gasteiger partial charge in [-0.25, -0.2) is 4.99 Å². The van der Waals surface area contributed by atoms with Gasteiger partial charge < -0.3 is 16.4 Å². The van der Waals surface area contributed by atoms with Crippen molar-refractivity contribution < 1.29 is 4.79 Å². The molecule has 24 heavy (non-hydrogen) atoms. The molecule has 5 nitrogen and oxygen atoms in total. The highest BCUT2D eigenvalue weighted by atomic mass is 16.1. The van der Waals surface area contributed by atoms with E-state index in [4.69, 9.17) is 5.73 Å². The number of primary amides is 1. The third-order valence-corrected chi connectivity index (χ3v) is 3.52. The molecule has 0 aliphatic carbocycles. The molecule has 2 aromatic carbocycles. The predicted molar refractivity (Wildman–Crippen MR) is 97.8 cm³/mol. The first-order valence-corrected chi connectivity index (χ1v) is 8.05. The van der Waals surface area contributed by atoms with Crippen LogP contribution in [0, 0.1) is 6.92 Å². The van der Waals surface area contributed by atoms with Crippen LogP contribution in [0.2, 0.25) is 0 Å². The molecule has 5 heteroatoms. The lowest BCUT2D eigenvalue weighted by Crippen LogP contribution is -2.36. The fourth-order valence-electron chi connectivity index (χ4n) is 2.34. The summed E-state index contributed by atoms with van der Waals surface area (Å²) in [5.41, 5.74) is 9.20. The van der Waals surface area contributed by atoms with Crippen LogP contribution in [-0.4, -0.2) is 18.4 Å². The number of nitrogens with one attached hydrogen (secondary N) is 2. The number of guanidine groups is 1. The fraction of sp³-hybridized carbons (Fsp3) is 0.263. The van der Waals surface area contributed by atoms with Crippen molar-refractivity contribution in [3.63, 3.8) is 0 Å². The number of hydrogen-bond acceptors (Lipinski definition) is 2. The summed E-state index contributed by atoms with van der Waals surface area (Å²) in [7, 11) is 0. The molecule has 1 amide bonds. The van der Waals surface area contributed by atoms with E-state index in [0.29, 0.717) is 18.7 Å². The van der Waals surface area contributed by atoms with E-state index in [-0.39, 0.29) is 0 Å². The quantitative estimate of drug-likeness (QED) is 0.564. The average molecular weight is 324 g/mol. The number of hydrogen-bond donors (Lipinski definition) is 3. The van der Waals surface area contributed by atoms with Crippen LogP contribution in [0.5, 0.6) is 0 Å². The Bertz CT molecular complexity index is 725. The maximum atomic E-state index is 11.2. The van der Waals surface area contributed by atoms with Crippen molar-refractivity contribution in [3.05, 3.63) is 70.8 Å². The van der Waals surface area contributed by atoms with E-state index in [9.17, 15) is 4.79 Å². The van der Waals surface area contributed by atoms with Gasteiger partial charge in [-0.15, -0.1) is 0 Å². The normalized spacial score (nSPS) is 11.2. The van der Waals surface area contributed by atoms with Crippen LogP contribution in [0.3, 0.4) is 0 Å². The maximum Gasteiger partial charge on any atom is 0.248 e. The highest BCUT2D eigenvalue weighted by Crippen LogP contribution is 2.06. The van der Waals surface area contributed by atoms with Crippen molar-refractivity contribution in [1.29, 1.82) is 0 Å². The van der Waals surface area contributed by atoms with Crippen LogP contribution < -0.4 is 16.4 Å². The zero-order chi connectivity index (χ0) is 17.4. The number of amides is 1. The molecule has 2 aromatic rings. The summed E-state index contributed by atoms with van der Waals surface area (Å²) in [6.07, 6.45) is 0. The standard InChI is InChI=1S/C19H24N4O/c1-3-21-19(22-12-15-7-4-6-14(2)10-15)23-13-16-8-5-9-17(11-16)18(20)24/h4-11H,3,12-13H2,1-2H3,(H2,20,24)(H2,21,22,23). The second-order valence-corrected chi connectivity index (χ2v) is 5.60. The zero-order valence-corrected chi connectivity index (χ0v) is 14.2. The number of nitrogens with zero attached hydrogens (tertiary/aromatic N) is 1. The van der Waals surface area contributed by atoms with Gasteiger partial charge in [0.15, 0.2) is 5.96 Å². The molecule has 0 heterocycles. The Morgan fingerprint density at radius 2 is 1.83 bits per heavy atom. The monoisotopic (exact) mass is 324 g/mol. The number of aryl methyl sites for hydroxylation is 1. The van der Waals surface area contributed by atoms with Gasteiger partial charge in [0.1, 0.15) is 0 Å². The Hall–Kier alpha value is -2.82. The molecular weight excluding hydrogens is 300 g/mol. The molecule has 126 valence electrons. The number of carbonyl (C=O) groups is 1. The van der Waals surface area contributed by atoms with Crippen LogP contribution >= 0.6 is 0 Å². The smallest absolute Gasteiger partial charge is 0.248 e. The SMILES string of the molecule is CCNC(=NCc1cccc(C)c1)NCc1cccc(C(N)=O)c1. The minimum atomic E-state index is -0.420. The Morgan fingerprint density at radius 1 is 1.08 bits per heavy atom. The van der Waals surface area contributed by atoms with Crippen LogP contribution in [-0.2, 0) is 13.1 Å². The second kappa shape index (κ2) is 8.72. The third-order valence-electron chi connectivity index (χ3n) is 3.52. The molecule has 4 N–H and O–H groups in total. The third kappa shape index (κ3) is 5.43. The maximum absolute atomic E-state index is 11.2. The summed E-state index contributed by atoms with van der Waals surface area (Å²) in [5.74, 6) is 0.320. The van der Waals surface area contributed by atoms with Gasteiger partial charge in [-0.05, 0) is 37.1 Å². The van der Waals surface area contributed by atoms with Crippen molar-refractivity contribution >= 4 is 11.9 Å². The van der Waals surface area contributed by atoms with E-state index >= 15 is 0 Å². The minimum absolute atomic E-state index is 0.420. The molecule has 0 aliphatic heterocycles. The molecule has 0 atom stereocenters. The molecule has 0 spiro atoms. The van der Waals surface area contributed by atoms with Gasteiger partial charge in [-0.3, -0.25) is 4.79 Å². The van der Waals surface area contributed by atoms with Gasteiger partial charge in [0.2, 0.25) is 5.91 Å². The summed E-state index contributed by atoms with van der Waals surface area (Å²) < 4.78 is 0. The number of carbonyl (C=O) groups excluding carboxylic acids is 1. The van der Waals surface area contributed by atoms with E-state index in [1.807, 2.05) is 25.1 Å². The van der Waals surface area contributed by atoms with Crippen molar-refractivity contribution in [2.24, 2.45) is 10.7 Å². The summed E-state index contributed by atoms with van der Waals surface area (Å²) in [4.78, 5) is 15.8. The molecule has 0 fully saturated rings. The lowest BCUT2D eigenvalue weighted by atomic mass is 10.1. The molecule has 0 radical (unpaired) electrons. The van der Waals surface area contributed by atoms with Crippen LogP contribution in [0.1, 0.15) is 34.0 Å². The largest absolute Gasteiger partial charge is 0.366 e. The lowest BCUT2D eigenvalue weighted by molar-refractivity contribution is 0.1000. The first kappa shape index (κ1) is 17.5. The van der Waals surface area contributed by atoms with E-state index in [1.54, 1.807) is 12.1 Å². The first-order chi connectivity index (χ1) is 11.6. The van der Waals surface area contributed by atoms with Gasteiger partial charge in [0.25, 0.3) is 0 Å². The highest BCUT2D eigenvalue weighted by molar-refractivity contribution is 5.92. The average Bonchev–Trinajstić information content (AvgIpc) is 2.57. The zero-order valence-electron chi connectivity index (χ0n) is 14.2. The summed E-state index contributed by atoms with van der Waals surface area (Å²) >= 11 is 0. The van der Waals surface area contributed by atoms with Gasteiger partial charge >= 0.3 is 0 Å². The number of aliphatic imine (C=N–C) groups is 1. The molecule has 0 saturated heterocycles. The van der Waals surface area contributed by atoms with Crippen LogP contribution in [0.25, 0.3) is 0 Å². The molecule has 0 unspecified atom stereocenters. The molecule has 0 bridgehead atoms. The van der Waals surface area contributed by atoms with Gasteiger partial charge in [0.05, 0.1) is 6.54 Å². The van der Waals surface area contributed by atoms with Crippen LogP contribution in [0.4, 0.5) is 0 Å². The topological polar surface area (TPSA) is 79.5 Å². The Kier molecular flexibility index (Phi) is 6.37. The Morgan fingerprint density at radius 3 is 2.54 bits per heavy atom. The van der Waals surface area contributed by atoms with E-state index in [0.717, 1.165) is 18.1 Å². The molecule has 0 aromatic heterocycles. The molecular formula is C19H24N4O. The second-order valence-electron chi connectivity index (χ2n) is 5.60. The van der Waals surface area contributed by atoms with Gasteiger partial charge in [-0.2, -0.15) is 0 Å². The molecule has 0 aliphatic rings. The number of nitrogens with two attached hydrogens (primary N) is 1. The summed E-state index contributed by atoms with van der Waals surface area (Å²) in [6, 6.07) is 15.6. The van der Waals surface area contributed by atoms with E-state index in [2.05, 4.69) is 40.7 Å². The van der Waals surface area contributed by atoms with Gasteiger partial charge in [0, 0.05) is 18.7 Å². The van der Waals surface area contributed by atoms with Crippen molar-refractivity contribution in [2.75, 3.05) is 6.54 Å². The highest BCUT2D eigenvalue weighted by Gasteiger charge is 2.03. The first-order valence-electron chi connectivity index (χ1n) is 8.05. The van der Waals surface area contributed by atoms with Crippen LogP contribution in [0.15, 0.2) is 53.5 Å². The van der Waals surface area contributed by atoms with E-state index in [1.165, 1.54) is 11.1 Å². The number of benzene rings is 2. The van der Waals surface area contributed by atoms with Crippen molar-refractivity contribution in [2.45, 2.75) is 26.9 Å². The van der Waals surface area contributed by atoms with Crippen molar-refractivity contribution in [1.82, 2.24) is 10.6 Å². The molecule has 2 rings (SSSR count). The van der Waals surface area contributed by atoms with Crippen molar-refractivity contribution in [3.8, 4) is 0 Å². The number of rotatable bonds is 6. The van der Waals surface area contributed by atoms with E-state index < -0.39 is 5.91 Å². The predicted octanol–water partition coefficient (Wildman–Crippen LogP) is 2.35. The molecule has 0 saturated carbocycles. The minimum Gasteiger partial charge on any atom is -0.366 e. The van der Waals surface area contributed by atoms with Gasteiger partial charge in [-0.1, -0.05) is 42.0 Å². The summed E-state index contributed by atoms with van der Waals surface area (Å²) in [6.45, 7) is 6.06. The summed E-state index contributed by atoms with van der Waals surface area (Å²) in [5, 5.41) is 6.50. The Labute approximate surface area is 143 Å². The Balaban J connectivity index is 2.01.